The average Bonchev–Trinajstić information content (AvgIpc) is 3.21. The zero-order valence-electron chi connectivity index (χ0n) is 16.3. The number of likely N-dealkylation sites (tertiary alicyclic amines) is 1. The Hall–Kier alpha value is -3.93. The third-order valence-corrected chi connectivity index (χ3v) is 4.50. The number of hydrogen-bond acceptors (Lipinski definition) is 7. The molecule has 4 rings (SSSR count). The lowest BCUT2D eigenvalue weighted by Crippen LogP contribution is -2.49. The van der Waals surface area contributed by atoms with Crippen molar-refractivity contribution in [2.45, 2.75) is 13.8 Å². The predicted octanol–water partition coefficient (Wildman–Crippen LogP) is 2.12. The van der Waals surface area contributed by atoms with Crippen LogP contribution in [-0.4, -0.2) is 43.6 Å². The van der Waals surface area contributed by atoms with E-state index in [0.717, 1.165) is 11.1 Å². The Balaban J connectivity index is 0.00000117. The van der Waals surface area contributed by atoms with E-state index >= 15 is 0 Å². The number of carbonyl (C=O) groups is 1. The molecule has 0 saturated carbocycles. The predicted molar refractivity (Wildman–Crippen MR) is 110 cm³/mol. The number of amides is 1. The Morgan fingerprint density at radius 3 is 2.59 bits per heavy atom. The van der Waals surface area contributed by atoms with Gasteiger partial charge in [-0.2, -0.15) is 10.4 Å². The minimum Gasteiger partial charge on any atom is -0.395 e. The number of anilines is 2. The molecule has 0 atom stereocenters. The highest BCUT2D eigenvalue weighted by atomic mass is 16.2. The third kappa shape index (κ3) is 3.87. The van der Waals surface area contributed by atoms with Gasteiger partial charge in [-0.3, -0.25) is 4.79 Å². The number of nitrogens with zero attached hydrogens (tertiary/aromatic N) is 6. The van der Waals surface area contributed by atoms with Crippen LogP contribution in [0.2, 0.25) is 0 Å². The highest BCUT2D eigenvalue weighted by Gasteiger charge is 2.31. The summed E-state index contributed by atoms with van der Waals surface area (Å²) >= 11 is 0. The number of hydrogen-bond donors (Lipinski definition) is 2. The topological polar surface area (TPSA) is 140 Å². The maximum atomic E-state index is 12.3. The van der Waals surface area contributed by atoms with Gasteiger partial charge in [0, 0.05) is 42.8 Å². The smallest absolute Gasteiger partial charge is 0.255 e. The Kier molecular flexibility index (Phi) is 5.74. The molecule has 0 bridgehead atoms. The Labute approximate surface area is 168 Å². The average molecular weight is 390 g/mol. The molecule has 29 heavy (non-hydrogen) atoms. The van der Waals surface area contributed by atoms with Crippen molar-refractivity contribution in [1.82, 2.24) is 24.6 Å². The molecular weight excluding hydrogens is 368 g/mol. The second-order valence-corrected chi connectivity index (χ2v) is 6.27. The van der Waals surface area contributed by atoms with Gasteiger partial charge in [0.25, 0.3) is 5.91 Å². The maximum absolute atomic E-state index is 12.3. The minimum absolute atomic E-state index is 0.0710. The fourth-order valence-electron chi connectivity index (χ4n) is 2.89. The summed E-state index contributed by atoms with van der Waals surface area (Å²) in [5.74, 6) is 0.642. The van der Waals surface area contributed by atoms with Gasteiger partial charge in [0.05, 0.1) is 29.4 Å². The number of rotatable bonds is 3. The molecule has 0 radical (unpaired) electrons. The molecule has 9 nitrogen and oxygen atoms in total. The largest absolute Gasteiger partial charge is 0.395 e. The molecule has 1 amide bonds. The van der Waals surface area contributed by atoms with Crippen LogP contribution in [0.5, 0.6) is 0 Å². The molecule has 3 aromatic rings. The van der Waals surface area contributed by atoms with Crippen LogP contribution in [0.4, 0.5) is 11.5 Å². The van der Waals surface area contributed by atoms with Gasteiger partial charge in [-0.15, -0.1) is 0 Å². The summed E-state index contributed by atoms with van der Waals surface area (Å²) in [5, 5.41) is 13.1. The Morgan fingerprint density at radius 2 is 1.93 bits per heavy atom. The van der Waals surface area contributed by atoms with E-state index in [2.05, 4.69) is 21.1 Å². The molecule has 1 aliphatic heterocycles. The molecule has 0 aliphatic carbocycles. The Bertz CT molecular complexity index is 1050. The normalized spacial score (nSPS) is 13.1. The van der Waals surface area contributed by atoms with Crippen molar-refractivity contribution < 1.29 is 4.79 Å². The number of nitrogen functional groups attached to an aromatic ring is 2. The van der Waals surface area contributed by atoms with Crippen LogP contribution in [0, 0.1) is 17.2 Å². The number of aromatic nitrogens is 4. The standard InChI is InChI=1S/C18H16N8O.C2H6/c19-5-11-8-25(9-11)18(27)12-1-2-15(23-6-12)26-10-13(7-24-26)14-3-4-22-17(21)16(14)20;1-2/h1-4,6-7,10-11H,8-9,20H2,(H2,21,22);1-2H3. The number of pyridine rings is 2. The van der Waals surface area contributed by atoms with Gasteiger partial charge >= 0.3 is 0 Å². The van der Waals surface area contributed by atoms with Crippen LogP contribution in [0.3, 0.4) is 0 Å². The van der Waals surface area contributed by atoms with E-state index in [0.29, 0.717) is 30.2 Å². The summed E-state index contributed by atoms with van der Waals surface area (Å²) in [5.41, 5.74) is 14.1. The van der Waals surface area contributed by atoms with Gasteiger partial charge in [-0.25, -0.2) is 14.6 Å². The summed E-state index contributed by atoms with van der Waals surface area (Å²) in [4.78, 5) is 22.2. The lowest BCUT2D eigenvalue weighted by atomic mass is 10.0. The van der Waals surface area contributed by atoms with E-state index in [1.807, 2.05) is 13.8 Å². The fraction of sp³-hybridized carbons (Fsp3) is 0.250. The first-order valence-corrected chi connectivity index (χ1v) is 9.27. The summed E-state index contributed by atoms with van der Waals surface area (Å²) in [6, 6.07) is 7.33. The van der Waals surface area contributed by atoms with E-state index in [1.165, 1.54) is 6.20 Å². The first-order valence-electron chi connectivity index (χ1n) is 9.27. The maximum Gasteiger partial charge on any atom is 0.255 e. The second kappa shape index (κ2) is 8.39. The zero-order valence-corrected chi connectivity index (χ0v) is 16.3. The fourth-order valence-corrected chi connectivity index (χ4v) is 2.89. The van der Waals surface area contributed by atoms with E-state index < -0.39 is 0 Å². The highest BCUT2D eigenvalue weighted by molar-refractivity contribution is 5.94. The van der Waals surface area contributed by atoms with Crippen molar-refractivity contribution in [1.29, 1.82) is 5.26 Å². The molecule has 1 saturated heterocycles. The first kappa shape index (κ1) is 19.8. The summed E-state index contributed by atoms with van der Waals surface area (Å²) in [7, 11) is 0. The third-order valence-electron chi connectivity index (χ3n) is 4.50. The number of nitrogens with two attached hydrogens (primary N) is 2. The van der Waals surface area contributed by atoms with Gasteiger partial charge in [0.1, 0.15) is 5.82 Å². The van der Waals surface area contributed by atoms with Crippen LogP contribution in [0.15, 0.2) is 43.0 Å². The SMILES string of the molecule is CC.N#CC1CN(C(=O)c2ccc(-n3cc(-c4ccnc(N)c4N)cn3)nc2)C1. The van der Waals surface area contributed by atoms with Crippen LogP contribution in [-0.2, 0) is 0 Å². The van der Waals surface area contributed by atoms with Crippen LogP contribution in [0.1, 0.15) is 24.2 Å². The molecule has 0 spiro atoms. The van der Waals surface area contributed by atoms with Crippen LogP contribution in [0.25, 0.3) is 16.9 Å². The lowest BCUT2D eigenvalue weighted by molar-refractivity contribution is 0.0577. The summed E-state index contributed by atoms with van der Waals surface area (Å²) in [6.07, 6.45) is 6.54. The molecule has 1 aliphatic rings. The molecule has 0 aromatic carbocycles. The van der Waals surface area contributed by atoms with Crippen molar-refractivity contribution in [3.63, 3.8) is 0 Å². The monoisotopic (exact) mass is 390 g/mol. The van der Waals surface area contributed by atoms with Crippen molar-refractivity contribution in [2.24, 2.45) is 5.92 Å². The van der Waals surface area contributed by atoms with Crippen molar-refractivity contribution in [2.75, 3.05) is 24.6 Å². The van der Waals surface area contributed by atoms with E-state index in [4.69, 9.17) is 16.7 Å². The zero-order chi connectivity index (χ0) is 21.0. The first-order chi connectivity index (χ1) is 14.1. The molecule has 1 fully saturated rings. The van der Waals surface area contributed by atoms with Gasteiger partial charge in [0.15, 0.2) is 5.82 Å². The van der Waals surface area contributed by atoms with Crippen molar-refractivity contribution >= 4 is 17.4 Å². The Morgan fingerprint density at radius 1 is 1.17 bits per heavy atom. The van der Waals surface area contributed by atoms with E-state index in [9.17, 15) is 4.79 Å². The van der Waals surface area contributed by atoms with Crippen molar-refractivity contribution in [3.05, 3.63) is 48.5 Å². The highest BCUT2D eigenvalue weighted by Crippen LogP contribution is 2.28. The molecule has 4 N–H and O–H groups in total. The quantitative estimate of drug-likeness (QED) is 0.698. The number of carbonyl (C=O) groups excluding carboxylic acids is 1. The molecule has 4 heterocycles. The van der Waals surface area contributed by atoms with Crippen LogP contribution < -0.4 is 11.5 Å². The second-order valence-electron chi connectivity index (χ2n) is 6.27. The summed E-state index contributed by atoms with van der Waals surface area (Å²) < 4.78 is 1.59. The minimum atomic E-state index is -0.123. The summed E-state index contributed by atoms with van der Waals surface area (Å²) in [6.45, 7) is 4.94. The molecule has 148 valence electrons. The van der Waals surface area contributed by atoms with Gasteiger partial charge in [-0.1, -0.05) is 13.8 Å². The van der Waals surface area contributed by atoms with E-state index in [-0.39, 0.29) is 17.6 Å². The van der Waals surface area contributed by atoms with Crippen LogP contribution >= 0.6 is 0 Å². The van der Waals surface area contributed by atoms with Gasteiger partial charge in [-0.05, 0) is 18.2 Å². The molecule has 0 unspecified atom stereocenters. The lowest BCUT2D eigenvalue weighted by Gasteiger charge is -2.35. The van der Waals surface area contributed by atoms with Gasteiger partial charge < -0.3 is 16.4 Å². The molecule has 9 heteroatoms. The van der Waals surface area contributed by atoms with Crippen molar-refractivity contribution in [3.8, 4) is 23.0 Å². The number of nitriles is 1. The van der Waals surface area contributed by atoms with E-state index in [1.54, 1.807) is 46.4 Å². The molecule has 3 aromatic heterocycles. The van der Waals surface area contributed by atoms with Gasteiger partial charge in [0.2, 0.25) is 0 Å². The molecular formula is C20H22N8O.